The Labute approximate surface area is 181 Å². The van der Waals surface area contributed by atoms with Gasteiger partial charge < -0.3 is 18.9 Å². The third-order valence-electron chi connectivity index (χ3n) is 4.87. The molecule has 0 fully saturated rings. The predicted octanol–water partition coefficient (Wildman–Crippen LogP) is 3.87. The average Bonchev–Trinajstić information content (AvgIpc) is 2.82. The van der Waals surface area contributed by atoms with Crippen molar-refractivity contribution in [1.82, 2.24) is 5.43 Å². The number of methoxy groups -OCH3 is 3. The highest BCUT2D eigenvalue weighted by atomic mass is 16.5. The third kappa shape index (κ3) is 4.73. The number of hydrogen-bond acceptors (Lipinski definition) is 6. The van der Waals surface area contributed by atoms with Crippen LogP contribution in [0.3, 0.4) is 0 Å². The SMILES string of the molecule is COc1cc(C(=O)NN)c(-c2ccc(OCc3ccc(C)cc3)cc2)c(OC)c1OC. The Morgan fingerprint density at radius 1 is 0.903 bits per heavy atom. The number of aryl methyl sites for hydroxylation is 1. The van der Waals surface area contributed by atoms with Gasteiger partial charge in [-0.15, -0.1) is 0 Å². The van der Waals surface area contributed by atoms with Crippen molar-refractivity contribution in [3.63, 3.8) is 0 Å². The van der Waals surface area contributed by atoms with Crippen molar-refractivity contribution >= 4 is 5.91 Å². The number of ether oxygens (including phenoxy) is 4. The summed E-state index contributed by atoms with van der Waals surface area (Å²) in [6.07, 6.45) is 0. The van der Waals surface area contributed by atoms with Crippen LogP contribution < -0.4 is 30.2 Å². The third-order valence-corrected chi connectivity index (χ3v) is 4.87. The van der Waals surface area contributed by atoms with Crippen LogP contribution in [0.2, 0.25) is 0 Å². The molecule has 0 spiro atoms. The molecule has 3 rings (SSSR count). The van der Waals surface area contributed by atoms with Crippen molar-refractivity contribution in [2.75, 3.05) is 21.3 Å². The number of rotatable bonds is 8. The van der Waals surface area contributed by atoms with E-state index in [1.807, 2.05) is 43.3 Å². The molecule has 0 aromatic heterocycles. The Bertz CT molecular complexity index is 1050. The quantitative estimate of drug-likeness (QED) is 0.325. The summed E-state index contributed by atoms with van der Waals surface area (Å²) in [5.74, 6) is 6.74. The molecule has 3 aromatic carbocycles. The topological polar surface area (TPSA) is 92.0 Å². The lowest BCUT2D eigenvalue weighted by Gasteiger charge is -2.19. The van der Waals surface area contributed by atoms with Gasteiger partial charge in [0.1, 0.15) is 12.4 Å². The Morgan fingerprint density at radius 2 is 1.55 bits per heavy atom. The maximum absolute atomic E-state index is 12.5. The second-order valence-corrected chi connectivity index (χ2v) is 6.84. The lowest BCUT2D eigenvalue weighted by Crippen LogP contribution is -2.30. The molecule has 7 nitrogen and oxygen atoms in total. The molecular weight excluding hydrogens is 396 g/mol. The number of carbonyl (C=O) groups is 1. The van der Waals surface area contributed by atoms with E-state index in [0.29, 0.717) is 40.7 Å². The summed E-state index contributed by atoms with van der Waals surface area (Å²) in [4.78, 5) is 12.5. The van der Waals surface area contributed by atoms with Crippen molar-refractivity contribution in [3.8, 4) is 34.1 Å². The van der Waals surface area contributed by atoms with Crippen LogP contribution in [0.25, 0.3) is 11.1 Å². The van der Waals surface area contributed by atoms with Crippen LogP contribution in [0.15, 0.2) is 54.6 Å². The fraction of sp³-hybridized carbons (Fsp3) is 0.208. The Kier molecular flexibility index (Phi) is 6.99. The molecule has 7 heteroatoms. The fourth-order valence-electron chi connectivity index (χ4n) is 3.27. The molecule has 0 saturated heterocycles. The number of nitrogens with two attached hydrogens (primary N) is 1. The molecule has 0 radical (unpaired) electrons. The molecular formula is C24H26N2O5. The van der Waals surface area contributed by atoms with E-state index >= 15 is 0 Å². The van der Waals surface area contributed by atoms with Gasteiger partial charge in [-0.05, 0) is 36.2 Å². The molecule has 0 aliphatic heterocycles. The largest absolute Gasteiger partial charge is 0.493 e. The summed E-state index contributed by atoms with van der Waals surface area (Å²) in [5.41, 5.74) is 6.02. The standard InChI is InChI=1S/C24H26N2O5/c1-15-5-7-16(8-6-15)14-31-18-11-9-17(10-12-18)21-19(24(27)26-25)13-20(28-2)22(29-3)23(21)30-4/h5-13H,14,25H2,1-4H3,(H,26,27). The van der Waals surface area contributed by atoms with Gasteiger partial charge in [-0.3, -0.25) is 10.2 Å². The molecule has 0 aliphatic carbocycles. The lowest BCUT2D eigenvalue weighted by atomic mass is 9.96. The zero-order valence-corrected chi connectivity index (χ0v) is 18.0. The van der Waals surface area contributed by atoms with Gasteiger partial charge in [-0.2, -0.15) is 0 Å². The van der Waals surface area contributed by atoms with Crippen LogP contribution in [0.1, 0.15) is 21.5 Å². The van der Waals surface area contributed by atoms with Gasteiger partial charge in [0.25, 0.3) is 5.91 Å². The maximum Gasteiger partial charge on any atom is 0.266 e. The minimum atomic E-state index is -0.478. The number of nitrogens with one attached hydrogen (secondary N) is 1. The highest BCUT2D eigenvalue weighted by Gasteiger charge is 2.25. The van der Waals surface area contributed by atoms with Gasteiger partial charge in [0.2, 0.25) is 5.75 Å². The first-order chi connectivity index (χ1) is 15.0. The van der Waals surface area contributed by atoms with Gasteiger partial charge >= 0.3 is 0 Å². The summed E-state index contributed by atoms with van der Waals surface area (Å²) in [7, 11) is 4.50. The second kappa shape index (κ2) is 9.86. The molecule has 0 bridgehead atoms. The number of nitrogen functional groups attached to an aromatic ring is 1. The maximum atomic E-state index is 12.5. The van der Waals surface area contributed by atoms with E-state index in [0.717, 1.165) is 11.1 Å². The Morgan fingerprint density at radius 3 is 2.10 bits per heavy atom. The molecule has 3 aromatic rings. The van der Waals surface area contributed by atoms with E-state index in [9.17, 15) is 4.79 Å². The minimum absolute atomic E-state index is 0.297. The molecule has 0 saturated carbocycles. The van der Waals surface area contributed by atoms with Gasteiger partial charge in [0.05, 0.1) is 26.9 Å². The van der Waals surface area contributed by atoms with Crippen LogP contribution in [0.5, 0.6) is 23.0 Å². The molecule has 162 valence electrons. The lowest BCUT2D eigenvalue weighted by molar-refractivity contribution is 0.0953. The van der Waals surface area contributed by atoms with E-state index in [2.05, 4.69) is 17.6 Å². The Hall–Kier alpha value is -3.71. The monoisotopic (exact) mass is 422 g/mol. The first-order valence-electron chi connectivity index (χ1n) is 9.65. The van der Waals surface area contributed by atoms with Crippen LogP contribution in [-0.2, 0) is 6.61 Å². The van der Waals surface area contributed by atoms with E-state index in [4.69, 9.17) is 24.8 Å². The normalized spacial score (nSPS) is 10.4. The zero-order valence-electron chi connectivity index (χ0n) is 18.0. The summed E-state index contributed by atoms with van der Waals surface area (Å²) in [6, 6.07) is 17.1. The van der Waals surface area contributed by atoms with E-state index in [1.165, 1.54) is 26.9 Å². The number of amides is 1. The van der Waals surface area contributed by atoms with Crippen molar-refractivity contribution in [3.05, 3.63) is 71.3 Å². The molecule has 0 aliphatic rings. The van der Waals surface area contributed by atoms with Gasteiger partial charge in [-0.1, -0.05) is 42.0 Å². The fourth-order valence-corrected chi connectivity index (χ4v) is 3.27. The van der Waals surface area contributed by atoms with Gasteiger partial charge in [0.15, 0.2) is 11.5 Å². The molecule has 0 unspecified atom stereocenters. The minimum Gasteiger partial charge on any atom is -0.493 e. The van der Waals surface area contributed by atoms with Crippen LogP contribution in [-0.4, -0.2) is 27.2 Å². The number of carbonyl (C=O) groups excluding carboxylic acids is 1. The molecule has 1 amide bonds. The van der Waals surface area contributed by atoms with Crippen LogP contribution in [0.4, 0.5) is 0 Å². The Balaban J connectivity index is 1.97. The van der Waals surface area contributed by atoms with Crippen molar-refractivity contribution < 1.29 is 23.7 Å². The van der Waals surface area contributed by atoms with E-state index in [1.54, 1.807) is 6.07 Å². The zero-order chi connectivity index (χ0) is 22.4. The van der Waals surface area contributed by atoms with E-state index < -0.39 is 5.91 Å². The summed E-state index contributed by atoms with van der Waals surface area (Å²) in [6.45, 7) is 2.51. The smallest absolute Gasteiger partial charge is 0.266 e. The van der Waals surface area contributed by atoms with Crippen LogP contribution >= 0.6 is 0 Å². The van der Waals surface area contributed by atoms with E-state index in [-0.39, 0.29) is 0 Å². The molecule has 0 heterocycles. The summed E-state index contributed by atoms with van der Waals surface area (Å²) in [5, 5.41) is 0. The molecule has 0 atom stereocenters. The molecule has 31 heavy (non-hydrogen) atoms. The van der Waals surface area contributed by atoms with Crippen molar-refractivity contribution in [1.29, 1.82) is 0 Å². The number of hydrogen-bond donors (Lipinski definition) is 2. The number of benzene rings is 3. The average molecular weight is 422 g/mol. The van der Waals surface area contributed by atoms with Gasteiger partial charge in [0, 0.05) is 5.56 Å². The van der Waals surface area contributed by atoms with Gasteiger partial charge in [-0.25, -0.2) is 5.84 Å². The first kappa shape index (κ1) is 22.0. The highest BCUT2D eigenvalue weighted by molar-refractivity contribution is 6.03. The molecule has 3 N–H and O–H groups in total. The van der Waals surface area contributed by atoms with Crippen LogP contribution in [0, 0.1) is 6.92 Å². The van der Waals surface area contributed by atoms with Crippen molar-refractivity contribution in [2.45, 2.75) is 13.5 Å². The predicted molar refractivity (Wildman–Crippen MR) is 119 cm³/mol. The van der Waals surface area contributed by atoms with Crippen molar-refractivity contribution in [2.24, 2.45) is 5.84 Å². The summed E-state index contributed by atoms with van der Waals surface area (Å²) >= 11 is 0. The summed E-state index contributed by atoms with van der Waals surface area (Å²) < 4.78 is 22.3. The highest BCUT2D eigenvalue weighted by Crippen LogP contribution is 2.46. The number of hydrazine groups is 1. The first-order valence-corrected chi connectivity index (χ1v) is 9.65. The second-order valence-electron chi connectivity index (χ2n) is 6.84.